The minimum Gasteiger partial charge on any atom is -0.395 e. The van der Waals surface area contributed by atoms with Gasteiger partial charge in [0.25, 0.3) is 5.91 Å². The normalized spacial score (nSPS) is 15.1. The van der Waals surface area contributed by atoms with Crippen LogP contribution in [0.25, 0.3) is 17.1 Å². The van der Waals surface area contributed by atoms with Gasteiger partial charge in [-0.1, -0.05) is 35.0 Å². The number of nitrogens with one attached hydrogen (secondary N) is 1. The molecule has 0 bridgehead atoms. The Kier molecular flexibility index (Phi) is 9.10. The summed E-state index contributed by atoms with van der Waals surface area (Å²) in [6.45, 7) is 0.420. The van der Waals surface area contributed by atoms with Crippen LogP contribution in [0.1, 0.15) is 28.2 Å². The highest BCUT2D eigenvalue weighted by Crippen LogP contribution is 2.34. The lowest BCUT2D eigenvalue weighted by Gasteiger charge is -2.26. The summed E-state index contributed by atoms with van der Waals surface area (Å²) >= 11 is 12.7. The molecule has 0 spiro atoms. The van der Waals surface area contributed by atoms with Gasteiger partial charge >= 0.3 is 0 Å². The standard InChI is InChI=1S/C26H26Cl2N4O5S/c1-37-17-23-24(26(34)30-31-11-14-38(35,36)15-12-31)29-25(21-10-7-19(27)16-22(21)28)32(23)20-8-5-18(6-9-20)4-2-3-13-33/h5-10,16,33H,3,11-15,17H2,1H3,(H,30,34). The highest BCUT2D eigenvalue weighted by atomic mass is 35.5. The zero-order chi connectivity index (χ0) is 27.3. The van der Waals surface area contributed by atoms with Gasteiger partial charge in [-0.2, -0.15) is 0 Å². The van der Waals surface area contributed by atoms with E-state index in [1.165, 1.54) is 7.11 Å². The third kappa shape index (κ3) is 6.56. The third-order valence-electron chi connectivity index (χ3n) is 5.84. The van der Waals surface area contributed by atoms with Gasteiger partial charge in [0, 0.05) is 48.5 Å². The largest absolute Gasteiger partial charge is 0.395 e. The summed E-state index contributed by atoms with van der Waals surface area (Å²) in [6.07, 6.45) is 0.377. The number of aromatic nitrogens is 2. The fourth-order valence-corrected chi connectivity index (χ4v) is 5.66. The van der Waals surface area contributed by atoms with Crippen LogP contribution in [0.15, 0.2) is 42.5 Å². The second-order valence-corrected chi connectivity index (χ2v) is 11.7. The first kappa shape index (κ1) is 28.1. The van der Waals surface area contributed by atoms with Crippen molar-refractivity contribution < 1.29 is 23.1 Å². The first-order chi connectivity index (χ1) is 18.2. The second kappa shape index (κ2) is 12.3. The van der Waals surface area contributed by atoms with Crippen molar-refractivity contribution in [2.24, 2.45) is 0 Å². The number of imidazole rings is 1. The van der Waals surface area contributed by atoms with Crippen LogP contribution in [-0.4, -0.2) is 72.3 Å². The summed E-state index contributed by atoms with van der Waals surface area (Å²) in [7, 11) is -1.59. The molecule has 9 nitrogen and oxygen atoms in total. The van der Waals surface area contributed by atoms with Crippen LogP contribution in [0.4, 0.5) is 0 Å². The van der Waals surface area contributed by atoms with Crippen molar-refractivity contribution in [3.05, 3.63) is 69.5 Å². The zero-order valence-electron chi connectivity index (χ0n) is 20.6. The minimum absolute atomic E-state index is 0.0101. The van der Waals surface area contributed by atoms with Crippen LogP contribution in [-0.2, 0) is 21.2 Å². The molecule has 1 aliphatic rings. The van der Waals surface area contributed by atoms with E-state index >= 15 is 0 Å². The van der Waals surface area contributed by atoms with Crippen LogP contribution in [0.5, 0.6) is 0 Å². The van der Waals surface area contributed by atoms with Gasteiger partial charge < -0.3 is 9.84 Å². The number of benzene rings is 2. The van der Waals surface area contributed by atoms with E-state index in [2.05, 4.69) is 22.3 Å². The molecule has 38 heavy (non-hydrogen) atoms. The van der Waals surface area contributed by atoms with Gasteiger partial charge in [-0.3, -0.25) is 14.8 Å². The number of hydrogen-bond acceptors (Lipinski definition) is 7. The number of sulfone groups is 1. The molecule has 2 heterocycles. The van der Waals surface area contributed by atoms with Crippen molar-refractivity contribution in [2.45, 2.75) is 13.0 Å². The Hall–Kier alpha value is -2.91. The number of ether oxygens (including phenoxy) is 1. The molecule has 1 fully saturated rings. The summed E-state index contributed by atoms with van der Waals surface area (Å²) in [4.78, 5) is 18.1. The lowest BCUT2D eigenvalue weighted by atomic mass is 10.1. The molecule has 2 N–H and O–H groups in total. The fraction of sp³-hybridized carbons (Fsp3) is 0.308. The molecule has 1 aromatic heterocycles. The maximum atomic E-state index is 13.4. The van der Waals surface area contributed by atoms with Crippen molar-refractivity contribution in [3.8, 4) is 28.9 Å². The van der Waals surface area contributed by atoms with E-state index < -0.39 is 15.7 Å². The Morgan fingerprint density at radius 2 is 1.87 bits per heavy atom. The van der Waals surface area contributed by atoms with E-state index in [4.69, 9.17) is 33.0 Å². The summed E-state index contributed by atoms with van der Waals surface area (Å²) in [5.74, 6) is 5.73. The number of aliphatic hydroxyl groups is 1. The van der Waals surface area contributed by atoms with Gasteiger partial charge in [-0.25, -0.2) is 18.4 Å². The van der Waals surface area contributed by atoms with E-state index in [1.807, 2.05) is 24.3 Å². The SMILES string of the molecule is COCc1c(C(=O)NN2CCS(=O)(=O)CC2)nc(-c2ccc(Cl)cc2Cl)n1-c1ccc(C#CCCO)cc1. The molecule has 2 aromatic carbocycles. The lowest BCUT2D eigenvalue weighted by molar-refractivity contribution is 0.0792. The molecule has 0 aliphatic carbocycles. The van der Waals surface area contributed by atoms with Crippen molar-refractivity contribution in [1.29, 1.82) is 0 Å². The molecule has 4 rings (SSSR count). The minimum atomic E-state index is -3.11. The van der Waals surface area contributed by atoms with E-state index in [-0.39, 0.29) is 43.5 Å². The van der Waals surface area contributed by atoms with E-state index in [9.17, 15) is 13.2 Å². The van der Waals surface area contributed by atoms with Crippen LogP contribution < -0.4 is 5.43 Å². The molecule has 0 atom stereocenters. The lowest BCUT2D eigenvalue weighted by Crippen LogP contribution is -2.50. The number of methoxy groups -OCH3 is 1. The molecular weight excluding hydrogens is 551 g/mol. The zero-order valence-corrected chi connectivity index (χ0v) is 22.9. The molecule has 3 aromatic rings. The van der Waals surface area contributed by atoms with E-state index in [0.717, 1.165) is 5.56 Å². The quantitative estimate of drug-likeness (QED) is 0.415. The van der Waals surface area contributed by atoms with Gasteiger partial charge in [0.15, 0.2) is 15.5 Å². The van der Waals surface area contributed by atoms with Crippen molar-refractivity contribution in [3.63, 3.8) is 0 Å². The number of hydrazine groups is 1. The van der Waals surface area contributed by atoms with E-state index in [1.54, 1.807) is 27.8 Å². The summed E-state index contributed by atoms with van der Waals surface area (Å²) < 4.78 is 30.8. The molecule has 0 saturated carbocycles. The summed E-state index contributed by atoms with van der Waals surface area (Å²) in [6, 6.07) is 12.4. The summed E-state index contributed by atoms with van der Waals surface area (Å²) in [5, 5.41) is 11.4. The van der Waals surface area contributed by atoms with Crippen LogP contribution >= 0.6 is 23.2 Å². The first-order valence-electron chi connectivity index (χ1n) is 11.7. The number of carbonyl (C=O) groups is 1. The Morgan fingerprint density at radius 3 is 2.50 bits per heavy atom. The Balaban J connectivity index is 1.79. The van der Waals surface area contributed by atoms with Crippen molar-refractivity contribution in [2.75, 3.05) is 38.3 Å². The Labute approximate surface area is 231 Å². The maximum absolute atomic E-state index is 13.4. The number of nitrogens with zero attached hydrogens (tertiary/aromatic N) is 3. The number of aliphatic hydroxyl groups excluding tert-OH is 1. The van der Waals surface area contributed by atoms with Crippen molar-refractivity contribution >= 4 is 38.9 Å². The topological polar surface area (TPSA) is 114 Å². The first-order valence-corrected chi connectivity index (χ1v) is 14.3. The molecule has 1 saturated heterocycles. The van der Waals surface area contributed by atoms with Gasteiger partial charge in [-0.15, -0.1) is 0 Å². The number of halogens is 2. The van der Waals surface area contributed by atoms with Crippen molar-refractivity contribution in [1.82, 2.24) is 20.0 Å². The molecule has 0 radical (unpaired) electrons. The molecule has 12 heteroatoms. The predicted molar refractivity (Wildman–Crippen MR) is 146 cm³/mol. The number of hydrogen-bond donors (Lipinski definition) is 2. The summed E-state index contributed by atoms with van der Waals surface area (Å²) in [5.41, 5.74) is 5.40. The molecular formula is C26H26Cl2N4O5S. The van der Waals surface area contributed by atoms with Gasteiger partial charge in [0.05, 0.1) is 35.4 Å². The number of carbonyl (C=O) groups excluding carboxylic acids is 1. The number of rotatable bonds is 7. The Bertz CT molecular complexity index is 1480. The van der Waals surface area contributed by atoms with E-state index in [0.29, 0.717) is 39.2 Å². The fourth-order valence-electron chi connectivity index (χ4n) is 3.97. The average molecular weight is 577 g/mol. The molecule has 200 valence electrons. The molecule has 1 amide bonds. The Morgan fingerprint density at radius 1 is 1.16 bits per heavy atom. The predicted octanol–water partition coefficient (Wildman–Crippen LogP) is 3.10. The van der Waals surface area contributed by atoms with Crippen LogP contribution in [0.2, 0.25) is 10.0 Å². The maximum Gasteiger partial charge on any atom is 0.286 e. The molecule has 0 unspecified atom stereocenters. The highest BCUT2D eigenvalue weighted by Gasteiger charge is 2.28. The van der Waals surface area contributed by atoms with Gasteiger partial charge in [-0.05, 0) is 42.5 Å². The third-order valence-corrected chi connectivity index (χ3v) is 8.00. The second-order valence-electron chi connectivity index (χ2n) is 8.53. The smallest absolute Gasteiger partial charge is 0.286 e. The monoisotopic (exact) mass is 576 g/mol. The van der Waals surface area contributed by atoms with Gasteiger partial charge in [0.2, 0.25) is 0 Å². The van der Waals surface area contributed by atoms with Crippen LogP contribution in [0.3, 0.4) is 0 Å². The van der Waals surface area contributed by atoms with Crippen LogP contribution in [0, 0.1) is 11.8 Å². The average Bonchev–Trinajstić information content (AvgIpc) is 3.25. The van der Waals surface area contributed by atoms with Gasteiger partial charge in [0.1, 0.15) is 5.82 Å². The highest BCUT2D eigenvalue weighted by molar-refractivity contribution is 7.91. The number of amides is 1. The molecule has 1 aliphatic heterocycles.